The van der Waals surface area contributed by atoms with Gasteiger partial charge >= 0.3 is 0 Å². The van der Waals surface area contributed by atoms with Gasteiger partial charge in [0, 0.05) is 0 Å². The molecule has 0 aromatic carbocycles. The summed E-state index contributed by atoms with van der Waals surface area (Å²) in [5.74, 6) is 3.88. The maximum absolute atomic E-state index is 3.79. The average molecular weight is 505 g/mol. The molecule has 3 aliphatic rings. The zero-order valence-corrected chi connectivity index (χ0v) is 27.4. The molecule has 0 aromatic heterocycles. The normalized spacial score (nSPS) is 27.9. The largest absolute Gasteiger partial charge is 0.100 e. The summed E-state index contributed by atoms with van der Waals surface area (Å²) >= 11 is 0. The van der Waals surface area contributed by atoms with Crippen LogP contribution < -0.4 is 0 Å². The Hall–Kier alpha value is -0.520. The number of unbranched alkanes of at least 4 members (excludes halogenated alkanes) is 2. The number of fused-ring (bicyclic) bond motifs is 2. The molecule has 4 unspecified atom stereocenters. The Kier molecular flexibility index (Phi) is 24.7. The molecule has 2 saturated carbocycles. The fraction of sp³-hybridized carbons (Fsp3) is 0.889. The molecule has 216 valence electrons. The standard InChI is InChI=1S/C13H22.C11H22.C7H14.C3H8.C2H6/c1-4-5-11-8-13(3)7-10(2)6-12(11)9-13;1-3-4-8-11-9-6-5-7-10(11)2;1-4-5-6-7(2)3;1-3-2;1-2/h6,10-11H,4-5,7-9H2,1-3H3;10-11H,3-9H2,1-2H3;2,4-6H2,1,3H3;3H2,1-2H3;1-2H3/t10?,11?,13-;;;;/m0..../s1. The number of allylic oxidation sites excluding steroid dienone is 3. The summed E-state index contributed by atoms with van der Waals surface area (Å²) in [6.07, 6.45) is 25.0. The molecular formula is C36H72. The molecule has 5 atom stereocenters. The molecule has 0 heterocycles. The van der Waals surface area contributed by atoms with E-state index in [2.05, 4.69) is 75.0 Å². The van der Waals surface area contributed by atoms with Crippen LogP contribution >= 0.6 is 0 Å². The minimum Gasteiger partial charge on any atom is -0.100 e. The predicted octanol–water partition coefficient (Wildman–Crippen LogP) is 13.4. The second kappa shape index (κ2) is 23.6. The van der Waals surface area contributed by atoms with Crippen LogP contribution in [0, 0.1) is 29.1 Å². The van der Waals surface area contributed by atoms with Gasteiger partial charge < -0.3 is 0 Å². The molecule has 0 aliphatic heterocycles. The highest BCUT2D eigenvalue weighted by Crippen LogP contribution is 2.53. The van der Waals surface area contributed by atoms with Crippen molar-refractivity contribution in [2.45, 2.75) is 179 Å². The summed E-state index contributed by atoms with van der Waals surface area (Å²) in [6, 6.07) is 0. The summed E-state index contributed by atoms with van der Waals surface area (Å²) < 4.78 is 0. The molecule has 0 heteroatoms. The van der Waals surface area contributed by atoms with Gasteiger partial charge in [0.2, 0.25) is 0 Å². The first-order valence-corrected chi connectivity index (χ1v) is 16.5. The lowest BCUT2D eigenvalue weighted by Gasteiger charge is -2.28. The van der Waals surface area contributed by atoms with Crippen LogP contribution in [-0.4, -0.2) is 0 Å². The Balaban J connectivity index is 0. The Morgan fingerprint density at radius 3 is 1.94 bits per heavy atom. The van der Waals surface area contributed by atoms with Gasteiger partial charge in [-0.15, -0.1) is 6.58 Å². The van der Waals surface area contributed by atoms with Gasteiger partial charge in [0.05, 0.1) is 0 Å². The lowest BCUT2D eigenvalue weighted by Crippen LogP contribution is -2.17. The molecule has 2 fully saturated rings. The lowest BCUT2D eigenvalue weighted by molar-refractivity contribution is 0.237. The summed E-state index contributed by atoms with van der Waals surface area (Å²) in [7, 11) is 0. The summed E-state index contributed by atoms with van der Waals surface area (Å²) in [5.41, 5.74) is 3.77. The fourth-order valence-corrected chi connectivity index (χ4v) is 6.39. The molecule has 0 amide bonds. The molecule has 0 spiro atoms. The van der Waals surface area contributed by atoms with Crippen molar-refractivity contribution < 1.29 is 0 Å². The van der Waals surface area contributed by atoms with Crippen molar-refractivity contribution in [1.82, 2.24) is 0 Å². The molecule has 0 saturated heterocycles. The molecule has 0 radical (unpaired) electrons. The third kappa shape index (κ3) is 17.9. The fourth-order valence-electron chi connectivity index (χ4n) is 6.39. The monoisotopic (exact) mass is 505 g/mol. The van der Waals surface area contributed by atoms with Crippen molar-refractivity contribution in [1.29, 1.82) is 0 Å². The highest BCUT2D eigenvalue weighted by atomic mass is 14.5. The Morgan fingerprint density at radius 2 is 1.47 bits per heavy atom. The van der Waals surface area contributed by atoms with Crippen LogP contribution in [0.4, 0.5) is 0 Å². The quantitative estimate of drug-likeness (QED) is 0.288. The minimum atomic E-state index is 0.670. The highest BCUT2D eigenvalue weighted by molar-refractivity contribution is 5.21. The van der Waals surface area contributed by atoms with E-state index in [4.69, 9.17) is 0 Å². The third-order valence-electron chi connectivity index (χ3n) is 8.02. The van der Waals surface area contributed by atoms with E-state index in [0.29, 0.717) is 5.41 Å². The van der Waals surface area contributed by atoms with Crippen LogP contribution in [0.25, 0.3) is 0 Å². The van der Waals surface area contributed by atoms with E-state index in [1.807, 2.05) is 13.8 Å². The predicted molar refractivity (Wildman–Crippen MR) is 170 cm³/mol. The first kappa shape index (κ1) is 37.6. The van der Waals surface area contributed by atoms with Gasteiger partial charge in [0.15, 0.2) is 0 Å². The van der Waals surface area contributed by atoms with Crippen molar-refractivity contribution >= 4 is 0 Å². The van der Waals surface area contributed by atoms with Gasteiger partial charge in [-0.3, -0.25) is 0 Å². The molecule has 3 aliphatic carbocycles. The highest BCUT2D eigenvalue weighted by Gasteiger charge is 2.41. The van der Waals surface area contributed by atoms with E-state index >= 15 is 0 Å². The van der Waals surface area contributed by atoms with Crippen molar-refractivity contribution in [3.8, 4) is 0 Å². The van der Waals surface area contributed by atoms with Gasteiger partial charge in [-0.25, -0.2) is 0 Å². The molecule has 36 heavy (non-hydrogen) atoms. The van der Waals surface area contributed by atoms with Crippen LogP contribution in [-0.2, 0) is 0 Å². The van der Waals surface area contributed by atoms with E-state index in [-0.39, 0.29) is 0 Å². The molecule has 0 aromatic rings. The number of hydrogen-bond acceptors (Lipinski definition) is 0. The molecule has 2 bridgehead atoms. The SMILES string of the molecule is C=C(C)CCCC.CC.CCC.CCCC1C[C@@]2(C)CC1=CC(C)C2.CCCCC1CCCCC1C. The van der Waals surface area contributed by atoms with Gasteiger partial charge in [-0.1, -0.05) is 151 Å². The van der Waals surface area contributed by atoms with Crippen molar-refractivity contribution in [3.05, 3.63) is 23.8 Å². The Morgan fingerprint density at radius 1 is 0.889 bits per heavy atom. The summed E-state index contributed by atoms with van der Waals surface area (Å²) in [5, 5.41) is 0. The van der Waals surface area contributed by atoms with Crippen molar-refractivity contribution in [3.63, 3.8) is 0 Å². The minimum absolute atomic E-state index is 0.670. The van der Waals surface area contributed by atoms with Crippen LogP contribution in [0.2, 0.25) is 0 Å². The first-order valence-electron chi connectivity index (χ1n) is 16.5. The molecular weight excluding hydrogens is 432 g/mol. The number of hydrogen-bond donors (Lipinski definition) is 0. The zero-order chi connectivity index (χ0) is 28.0. The van der Waals surface area contributed by atoms with Gasteiger partial charge in [-0.2, -0.15) is 0 Å². The van der Waals surface area contributed by atoms with Gasteiger partial charge in [-0.05, 0) is 74.5 Å². The smallest absolute Gasteiger partial charge is 0.0198 e. The molecule has 3 rings (SSSR count). The van der Waals surface area contributed by atoms with Crippen LogP contribution in [0.1, 0.15) is 179 Å². The second-order valence-electron chi connectivity index (χ2n) is 12.5. The third-order valence-corrected chi connectivity index (χ3v) is 8.02. The second-order valence-corrected chi connectivity index (χ2v) is 12.5. The van der Waals surface area contributed by atoms with Crippen LogP contribution in [0.15, 0.2) is 23.8 Å². The zero-order valence-electron chi connectivity index (χ0n) is 27.4. The maximum atomic E-state index is 3.79. The average Bonchev–Trinajstić information content (AvgIpc) is 3.07. The van der Waals surface area contributed by atoms with Crippen molar-refractivity contribution in [2.24, 2.45) is 29.1 Å². The molecule has 0 nitrogen and oxygen atoms in total. The van der Waals surface area contributed by atoms with E-state index < -0.39 is 0 Å². The van der Waals surface area contributed by atoms with Crippen LogP contribution in [0.5, 0.6) is 0 Å². The molecule has 0 N–H and O–H groups in total. The van der Waals surface area contributed by atoms with E-state index in [1.165, 1.54) is 108 Å². The van der Waals surface area contributed by atoms with E-state index in [9.17, 15) is 0 Å². The van der Waals surface area contributed by atoms with Crippen molar-refractivity contribution in [2.75, 3.05) is 0 Å². The van der Waals surface area contributed by atoms with Crippen LogP contribution in [0.3, 0.4) is 0 Å². The summed E-state index contributed by atoms with van der Waals surface area (Å²) in [4.78, 5) is 0. The Bertz CT molecular complexity index is 526. The maximum Gasteiger partial charge on any atom is -0.0198 e. The number of rotatable bonds is 8. The first-order chi connectivity index (χ1) is 17.2. The lowest BCUT2D eigenvalue weighted by atomic mass is 9.77. The van der Waals surface area contributed by atoms with Gasteiger partial charge in [0.25, 0.3) is 0 Å². The topological polar surface area (TPSA) is 0 Å². The van der Waals surface area contributed by atoms with E-state index in [1.54, 1.807) is 5.57 Å². The Labute approximate surface area is 231 Å². The van der Waals surface area contributed by atoms with E-state index in [0.717, 1.165) is 23.7 Å². The van der Waals surface area contributed by atoms with Gasteiger partial charge in [0.1, 0.15) is 0 Å². The summed E-state index contributed by atoms with van der Waals surface area (Å²) in [6.45, 7) is 28.2.